The number of fused-ring (bicyclic) bond motifs is 1. The summed E-state index contributed by atoms with van der Waals surface area (Å²) in [5, 5.41) is 15.6. The molecule has 0 fully saturated rings. The minimum absolute atomic E-state index is 0.0719. The molecular formula is C21H20ClN3O4. The molecule has 0 unspecified atom stereocenters. The maximum atomic E-state index is 12.7. The number of carbonyl (C=O) groups excluding carboxylic acids is 2. The molecule has 3 aromatic rings. The Bertz CT molecular complexity index is 1100. The first-order valence-corrected chi connectivity index (χ1v) is 9.36. The summed E-state index contributed by atoms with van der Waals surface area (Å²) >= 11 is 6.19. The molecule has 0 spiro atoms. The molecule has 7 nitrogen and oxygen atoms in total. The van der Waals surface area contributed by atoms with E-state index in [0.717, 1.165) is 5.56 Å². The molecule has 0 aliphatic rings. The van der Waals surface area contributed by atoms with E-state index in [4.69, 9.17) is 16.7 Å². The Morgan fingerprint density at radius 1 is 1.10 bits per heavy atom. The number of carbonyl (C=O) groups is 3. The van der Waals surface area contributed by atoms with Crippen molar-refractivity contribution >= 4 is 46.0 Å². The lowest BCUT2D eigenvalue weighted by molar-refractivity contribution is -0.124. The first-order valence-electron chi connectivity index (χ1n) is 8.98. The second kappa shape index (κ2) is 8.36. The molecule has 4 N–H and O–H groups in total. The third kappa shape index (κ3) is 4.75. The average Bonchev–Trinajstić information content (AvgIpc) is 3.10. The van der Waals surface area contributed by atoms with Gasteiger partial charge in [-0.05, 0) is 42.0 Å². The summed E-state index contributed by atoms with van der Waals surface area (Å²) in [6.07, 6.45) is 0. The van der Waals surface area contributed by atoms with Crippen LogP contribution in [-0.2, 0) is 11.3 Å². The fourth-order valence-corrected chi connectivity index (χ4v) is 2.98. The van der Waals surface area contributed by atoms with Crippen molar-refractivity contribution in [3.8, 4) is 0 Å². The molecule has 0 saturated heterocycles. The van der Waals surface area contributed by atoms with E-state index in [-0.39, 0.29) is 28.1 Å². The van der Waals surface area contributed by atoms with Gasteiger partial charge in [0, 0.05) is 29.1 Å². The van der Waals surface area contributed by atoms with E-state index in [0.29, 0.717) is 23.1 Å². The van der Waals surface area contributed by atoms with Crippen LogP contribution in [0.5, 0.6) is 0 Å². The van der Waals surface area contributed by atoms with Gasteiger partial charge in [-0.3, -0.25) is 9.59 Å². The van der Waals surface area contributed by atoms with Crippen molar-refractivity contribution in [3.05, 3.63) is 64.3 Å². The number of nitrogens with one attached hydrogen (secondary N) is 3. The standard InChI is InChI=1S/C21H20ClN3O4/c1-11(2)19(26)23-10-12-3-5-16(22)15(7-12)20(27)24-14-4-6-17-13(8-14)9-18(25-17)21(28)29/h3-9,11,25H,10H2,1-2H3,(H,23,26)(H,24,27)(H,28,29). The molecule has 2 aromatic carbocycles. The minimum Gasteiger partial charge on any atom is -0.477 e. The van der Waals surface area contributed by atoms with Crippen LogP contribution in [0, 0.1) is 5.92 Å². The Morgan fingerprint density at radius 2 is 1.86 bits per heavy atom. The lowest BCUT2D eigenvalue weighted by Crippen LogP contribution is -2.27. The van der Waals surface area contributed by atoms with Gasteiger partial charge >= 0.3 is 5.97 Å². The zero-order chi connectivity index (χ0) is 21.1. The highest BCUT2D eigenvalue weighted by Gasteiger charge is 2.14. The molecule has 8 heteroatoms. The van der Waals surface area contributed by atoms with Crippen LogP contribution in [-0.4, -0.2) is 27.9 Å². The van der Waals surface area contributed by atoms with Crippen LogP contribution in [0.1, 0.15) is 40.3 Å². The topological polar surface area (TPSA) is 111 Å². The van der Waals surface area contributed by atoms with Crippen LogP contribution in [0.25, 0.3) is 10.9 Å². The molecular weight excluding hydrogens is 394 g/mol. The number of benzene rings is 2. The maximum Gasteiger partial charge on any atom is 0.352 e. The molecule has 1 heterocycles. The van der Waals surface area contributed by atoms with Gasteiger partial charge < -0.3 is 20.7 Å². The van der Waals surface area contributed by atoms with Crippen LogP contribution in [0.15, 0.2) is 42.5 Å². The van der Waals surface area contributed by atoms with Gasteiger partial charge in [0.2, 0.25) is 5.91 Å². The predicted octanol–water partition coefficient (Wildman–Crippen LogP) is 4.04. The molecule has 0 radical (unpaired) electrons. The number of aromatic amines is 1. The van der Waals surface area contributed by atoms with Gasteiger partial charge in [-0.25, -0.2) is 4.79 Å². The Balaban J connectivity index is 1.77. The van der Waals surface area contributed by atoms with Crippen molar-refractivity contribution in [2.24, 2.45) is 5.92 Å². The number of anilines is 1. The Kier molecular flexibility index (Phi) is 5.89. The van der Waals surface area contributed by atoms with Crippen molar-refractivity contribution in [2.45, 2.75) is 20.4 Å². The van der Waals surface area contributed by atoms with E-state index in [1.54, 1.807) is 50.2 Å². The van der Waals surface area contributed by atoms with Crippen LogP contribution in [0.3, 0.4) is 0 Å². The summed E-state index contributed by atoms with van der Waals surface area (Å²) in [4.78, 5) is 38.3. The van der Waals surface area contributed by atoms with Crippen LogP contribution in [0.2, 0.25) is 5.02 Å². The van der Waals surface area contributed by atoms with Gasteiger partial charge in [-0.15, -0.1) is 0 Å². The number of hydrogen-bond donors (Lipinski definition) is 4. The minimum atomic E-state index is -1.06. The number of rotatable bonds is 6. The predicted molar refractivity (Wildman–Crippen MR) is 111 cm³/mol. The second-order valence-corrected chi connectivity index (χ2v) is 7.34. The van der Waals surface area contributed by atoms with Crippen LogP contribution < -0.4 is 10.6 Å². The van der Waals surface area contributed by atoms with E-state index in [1.165, 1.54) is 6.07 Å². The summed E-state index contributed by atoms with van der Waals surface area (Å²) < 4.78 is 0. The van der Waals surface area contributed by atoms with Crippen molar-refractivity contribution in [1.82, 2.24) is 10.3 Å². The number of carboxylic acid groups (broad SMARTS) is 1. The quantitative estimate of drug-likeness (QED) is 0.488. The highest BCUT2D eigenvalue weighted by molar-refractivity contribution is 6.34. The van der Waals surface area contributed by atoms with Gasteiger partial charge in [-0.1, -0.05) is 31.5 Å². The van der Waals surface area contributed by atoms with E-state index < -0.39 is 11.9 Å². The Labute approximate surface area is 172 Å². The zero-order valence-electron chi connectivity index (χ0n) is 15.9. The molecule has 0 saturated carbocycles. The third-order valence-electron chi connectivity index (χ3n) is 4.38. The number of halogens is 1. The lowest BCUT2D eigenvalue weighted by atomic mass is 10.1. The van der Waals surface area contributed by atoms with Crippen molar-refractivity contribution in [1.29, 1.82) is 0 Å². The van der Waals surface area contributed by atoms with Crippen molar-refractivity contribution < 1.29 is 19.5 Å². The molecule has 150 valence electrons. The molecule has 3 rings (SSSR count). The smallest absolute Gasteiger partial charge is 0.352 e. The largest absolute Gasteiger partial charge is 0.477 e. The highest BCUT2D eigenvalue weighted by atomic mass is 35.5. The number of aromatic carboxylic acids is 1. The van der Waals surface area contributed by atoms with E-state index in [9.17, 15) is 14.4 Å². The molecule has 0 aliphatic heterocycles. The monoisotopic (exact) mass is 413 g/mol. The van der Waals surface area contributed by atoms with Gasteiger partial charge in [0.05, 0.1) is 10.6 Å². The number of aromatic nitrogens is 1. The SMILES string of the molecule is CC(C)C(=O)NCc1ccc(Cl)c(C(=O)Nc2ccc3[nH]c(C(=O)O)cc3c2)c1. The van der Waals surface area contributed by atoms with E-state index in [1.807, 2.05) is 0 Å². The van der Waals surface area contributed by atoms with E-state index in [2.05, 4.69) is 15.6 Å². The molecule has 1 aromatic heterocycles. The summed E-state index contributed by atoms with van der Waals surface area (Å²) in [6.45, 7) is 3.90. The fourth-order valence-electron chi connectivity index (χ4n) is 2.77. The number of H-pyrrole nitrogens is 1. The van der Waals surface area contributed by atoms with Crippen LogP contribution in [0.4, 0.5) is 5.69 Å². The molecule has 0 atom stereocenters. The van der Waals surface area contributed by atoms with Gasteiger partial charge in [0.15, 0.2) is 0 Å². The molecule has 29 heavy (non-hydrogen) atoms. The van der Waals surface area contributed by atoms with Crippen LogP contribution >= 0.6 is 11.6 Å². The maximum absolute atomic E-state index is 12.7. The fraction of sp³-hybridized carbons (Fsp3) is 0.190. The number of amides is 2. The van der Waals surface area contributed by atoms with Crippen molar-refractivity contribution in [3.63, 3.8) is 0 Å². The summed E-state index contributed by atoms with van der Waals surface area (Å²) in [5.74, 6) is -1.66. The number of carboxylic acids is 1. The van der Waals surface area contributed by atoms with Crippen molar-refractivity contribution in [2.75, 3.05) is 5.32 Å². The number of hydrogen-bond acceptors (Lipinski definition) is 3. The van der Waals surface area contributed by atoms with Gasteiger partial charge in [0.25, 0.3) is 5.91 Å². The summed E-state index contributed by atoms with van der Waals surface area (Å²) in [5.41, 5.74) is 2.26. The molecule has 0 aliphatic carbocycles. The molecule has 2 amide bonds. The first kappa shape index (κ1) is 20.4. The van der Waals surface area contributed by atoms with Gasteiger partial charge in [-0.2, -0.15) is 0 Å². The van der Waals surface area contributed by atoms with E-state index >= 15 is 0 Å². The average molecular weight is 414 g/mol. The first-order chi connectivity index (χ1) is 13.7. The van der Waals surface area contributed by atoms with Gasteiger partial charge in [0.1, 0.15) is 5.69 Å². The third-order valence-corrected chi connectivity index (χ3v) is 4.71. The summed E-state index contributed by atoms with van der Waals surface area (Å²) in [6, 6.07) is 11.5. The Hall–Kier alpha value is -3.32. The highest BCUT2D eigenvalue weighted by Crippen LogP contribution is 2.23. The zero-order valence-corrected chi connectivity index (χ0v) is 16.6. The summed E-state index contributed by atoms with van der Waals surface area (Å²) in [7, 11) is 0. The second-order valence-electron chi connectivity index (χ2n) is 6.93. The normalized spacial score (nSPS) is 10.9. The molecule has 0 bridgehead atoms. The Morgan fingerprint density at radius 3 is 2.55 bits per heavy atom. The lowest BCUT2D eigenvalue weighted by Gasteiger charge is -2.11.